The van der Waals surface area contributed by atoms with Crippen molar-refractivity contribution in [2.24, 2.45) is 0 Å². The summed E-state index contributed by atoms with van der Waals surface area (Å²) in [4.78, 5) is 5.44. The van der Waals surface area contributed by atoms with Gasteiger partial charge in [0.25, 0.3) is 0 Å². The molecule has 16 heavy (non-hydrogen) atoms. The average Bonchev–Trinajstić information content (AvgIpc) is 2.81. The van der Waals surface area contributed by atoms with Crippen LogP contribution in [0, 0.1) is 6.92 Å². The van der Waals surface area contributed by atoms with Crippen LogP contribution in [0.3, 0.4) is 0 Å². The third-order valence-electron chi connectivity index (χ3n) is 2.34. The van der Waals surface area contributed by atoms with Crippen LogP contribution in [0.15, 0.2) is 40.0 Å². The van der Waals surface area contributed by atoms with Gasteiger partial charge in [-0.3, -0.25) is 4.98 Å². The number of pyridine rings is 1. The molecular formula is C12H12ClNOS. The monoisotopic (exact) mass is 253 g/mol. The van der Waals surface area contributed by atoms with E-state index in [1.165, 1.54) is 4.90 Å². The molecule has 0 N–H and O–H groups in total. The summed E-state index contributed by atoms with van der Waals surface area (Å²) in [7, 11) is 0. The van der Waals surface area contributed by atoms with Crippen molar-refractivity contribution >= 4 is 23.4 Å². The predicted molar refractivity (Wildman–Crippen MR) is 66.8 cm³/mol. The maximum atomic E-state index is 5.81. The number of hydrogen-bond acceptors (Lipinski definition) is 3. The molecule has 4 heteroatoms. The van der Waals surface area contributed by atoms with Crippen molar-refractivity contribution in [3.8, 4) is 0 Å². The summed E-state index contributed by atoms with van der Waals surface area (Å²) in [6.07, 6.45) is 3.49. The zero-order valence-electron chi connectivity index (χ0n) is 8.94. The van der Waals surface area contributed by atoms with Gasteiger partial charge in [0.1, 0.15) is 5.76 Å². The van der Waals surface area contributed by atoms with E-state index in [-0.39, 0.29) is 0 Å². The predicted octanol–water partition coefficient (Wildman–Crippen LogP) is 4.01. The Kier molecular flexibility index (Phi) is 3.91. The van der Waals surface area contributed by atoms with E-state index in [9.17, 15) is 0 Å². The molecule has 0 aromatic carbocycles. The van der Waals surface area contributed by atoms with E-state index in [0.29, 0.717) is 5.88 Å². The number of halogens is 1. The Morgan fingerprint density at radius 2 is 2.31 bits per heavy atom. The molecule has 0 atom stereocenters. The minimum absolute atomic E-state index is 0.459. The van der Waals surface area contributed by atoms with Gasteiger partial charge in [0.2, 0.25) is 0 Å². The van der Waals surface area contributed by atoms with Crippen molar-refractivity contribution < 1.29 is 4.42 Å². The fourth-order valence-corrected chi connectivity index (χ4v) is 2.62. The van der Waals surface area contributed by atoms with Gasteiger partial charge in [-0.15, -0.1) is 23.4 Å². The molecule has 0 fully saturated rings. The van der Waals surface area contributed by atoms with Gasteiger partial charge >= 0.3 is 0 Å². The molecule has 0 spiro atoms. The second-order valence-corrected chi connectivity index (χ2v) is 4.67. The lowest BCUT2D eigenvalue weighted by Crippen LogP contribution is -1.92. The zero-order chi connectivity index (χ0) is 11.4. The first kappa shape index (κ1) is 11.6. The Morgan fingerprint density at radius 3 is 3.00 bits per heavy atom. The Bertz CT molecular complexity index is 456. The van der Waals surface area contributed by atoms with Crippen molar-refractivity contribution in [1.82, 2.24) is 4.98 Å². The van der Waals surface area contributed by atoms with Gasteiger partial charge in [-0.25, -0.2) is 0 Å². The van der Waals surface area contributed by atoms with E-state index < -0.39 is 0 Å². The number of alkyl halides is 1. The highest BCUT2D eigenvalue weighted by Gasteiger charge is 2.06. The van der Waals surface area contributed by atoms with E-state index in [4.69, 9.17) is 16.0 Å². The molecule has 0 saturated carbocycles. The van der Waals surface area contributed by atoms with Crippen molar-refractivity contribution in [3.63, 3.8) is 0 Å². The molecule has 84 valence electrons. The summed E-state index contributed by atoms with van der Waals surface area (Å²) in [5.74, 6) is 2.27. The second-order valence-electron chi connectivity index (χ2n) is 3.38. The molecule has 0 aliphatic rings. The summed E-state index contributed by atoms with van der Waals surface area (Å²) in [5.41, 5.74) is 2.11. The van der Waals surface area contributed by atoms with Crippen molar-refractivity contribution in [3.05, 3.63) is 47.7 Å². The highest BCUT2D eigenvalue weighted by atomic mass is 35.5. The van der Waals surface area contributed by atoms with Crippen LogP contribution < -0.4 is 0 Å². The summed E-state index contributed by atoms with van der Waals surface area (Å²) in [5, 5.41) is 0. The molecule has 0 saturated heterocycles. The van der Waals surface area contributed by atoms with Crippen LogP contribution in [0.25, 0.3) is 0 Å². The Morgan fingerprint density at radius 1 is 1.44 bits per heavy atom. The third-order valence-corrected chi connectivity index (χ3v) is 3.77. The topological polar surface area (TPSA) is 26.0 Å². The second kappa shape index (κ2) is 5.41. The first-order valence-corrected chi connectivity index (χ1v) is 6.49. The minimum Gasteiger partial charge on any atom is -0.468 e. The summed E-state index contributed by atoms with van der Waals surface area (Å²) < 4.78 is 5.29. The third kappa shape index (κ3) is 2.60. The summed E-state index contributed by atoms with van der Waals surface area (Å²) in [6, 6.07) is 5.89. The van der Waals surface area contributed by atoms with Crippen LogP contribution in [-0.2, 0) is 11.6 Å². The number of rotatable bonds is 4. The summed E-state index contributed by atoms with van der Waals surface area (Å²) in [6.45, 7) is 2.05. The lowest BCUT2D eigenvalue weighted by Gasteiger charge is -2.07. The number of aromatic nitrogens is 1. The highest BCUT2D eigenvalue weighted by Crippen LogP contribution is 2.27. The molecule has 0 radical (unpaired) electrons. The van der Waals surface area contributed by atoms with Gasteiger partial charge < -0.3 is 4.42 Å². The molecule has 2 heterocycles. The quantitative estimate of drug-likeness (QED) is 0.608. The number of thioether (sulfide) groups is 1. The van der Waals surface area contributed by atoms with Crippen molar-refractivity contribution in [2.45, 2.75) is 23.5 Å². The highest BCUT2D eigenvalue weighted by molar-refractivity contribution is 7.98. The van der Waals surface area contributed by atoms with Gasteiger partial charge in [-0.05, 0) is 30.7 Å². The molecule has 0 unspecified atom stereocenters. The van der Waals surface area contributed by atoms with E-state index in [1.807, 2.05) is 18.2 Å². The smallest absolute Gasteiger partial charge is 0.113 e. The Hall–Kier alpha value is -0.930. The molecule has 0 bridgehead atoms. The lowest BCUT2D eigenvalue weighted by molar-refractivity contribution is 0.530. The van der Waals surface area contributed by atoms with Gasteiger partial charge in [-0.2, -0.15) is 0 Å². The first-order valence-electron chi connectivity index (χ1n) is 4.97. The standard InChI is InChI=1S/C12H12ClNOS/c1-9-11(7-13)14-5-4-12(9)16-8-10-3-2-6-15-10/h2-6H,7-8H2,1H3. The molecule has 2 nitrogen and oxygen atoms in total. The van der Waals surface area contributed by atoms with Crippen LogP contribution in [0.1, 0.15) is 17.0 Å². The molecule has 0 aliphatic carbocycles. The van der Waals surface area contributed by atoms with E-state index in [2.05, 4.69) is 11.9 Å². The van der Waals surface area contributed by atoms with Crippen LogP contribution >= 0.6 is 23.4 Å². The lowest BCUT2D eigenvalue weighted by atomic mass is 10.2. The SMILES string of the molecule is Cc1c(SCc2ccco2)ccnc1CCl. The number of nitrogens with zero attached hydrogens (tertiary/aromatic N) is 1. The van der Waals surface area contributed by atoms with E-state index in [1.54, 1.807) is 24.2 Å². The van der Waals surface area contributed by atoms with Crippen LogP contribution in [0.4, 0.5) is 0 Å². The number of hydrogen-bond donors (Lipinski definition) is 0. The molecule has 2 aromatic rings. The fourth-order valence-electron chi connectivity index (χ4n) is 1.39. The molecule has 0 amide bonds. The largest absolute Gasteiger partial charge is 0.468 e. The van der Waals surface area contributed by atoms with Gasteiger partial charge in [0.05, 0.1) is 23.6 Å². The molecule has 2 rings (SSSR count). The zero-order valence-corrected chi connectivity index (χ0v) is 10.5. The summed E-state index contributed by atoms with van der Waals surface area (Å²) >= 11 is 7.56. The molecular weight excluding hydrogens is 242 g/mol. The Balaban J connectivity index is 2.09. The molecule has 2 aromatic heterocycles. The minimum atomic E-state index is 0.459. The maximum Gasteiger partial charge on any atom is 0.113 e. The normalized spacial score (nSPS) is 10.6. The van der Waals surface area contributed by atoms with Crippen LogP contribution in [0.2, 0.25) is 0 Å². The van der Waals surface area contributed by atoms with Gasteiger partial charge in [-0.1, -0.05) is 0 Å². The van der Waals surface area contributed by atoms with E-state index >= 15 is 0 Å². The average molecular weight is 254 g/mol. The maximum absolute atomic E-state index is 5.81. The van der Waals surface area contributed by atoms with Crippen LogP contribution in [-0.4, -0.2) is 4.98 Å². The van der Waals surface area contributed by atoms with E-state index in [0.717, 1.165) is 22.8 Å². The van der Waals surface area contributed by atoms with Crippen LogP contribution in [0.5, 0.6) is 0 Å². The van der Waals surface area contributed by atoms with Crippen molar-refractivity contribution in [1.29, 1.82) is 0 Å². The van der Waals surface area contributed by atoms with Crippen molar-refractivity contribution in [2.75, 3.05) is 0 Å². The van der Waals surface area contributed by atoms with Gasteiger partial charge in [0, 0.05) is 11.1 Å². The first-order chi connectivity index (χ1) is 7.81. The fraction of sp³-hybridized carbons (Fsp3) is 0.250. The number of furan rings is 1. The van der Waals surface area contributed by atoms with Gasteiger partial charge in [0.15, 0.2) is 0 Å². The Labute approximate surface area is 104 Å². The molecule has 0 aliphatic heterocycles.